The van der Waals surface area contributed by atoms with Crippen molar-refractivity contribution in [2.45, 2.75) is 384 Å². The van der Waals surface area contributed by atoms with Crippen LogP contribution >= 0.6 is 0 Å². The zero-order valence-electron chi connectivity index (χ0n) is 54.6. The van der Waals surface area contributed by atoms with Crippen molar-refractivity contribution in [2.75, 3.05) is 19.8 Å². The molecule has 0 aromatic heterocycles. The van der Waals surface area contributed by atoms with Gasteiger partial charge in [-0.05, 0) is 77.0 Å². The van der Waals surface area contributed by atoms with Crippen LogP contribution in [-0.4, -0.2) is 100 Å². The van der Waals surface area contributed by atoms with E-state index in [2.05, 4.69) is 55.6 Å². The summed E-state index contributed by atoms with van der Waals surface area (Å²) in [6, 6.07) is -0.825. The van der Waals surface area contributed by atoms with Crippen LogP contribution in [-0.2, 0) is 23.8 Å². The number of unbranched alkanes of at least 4 members (excludes halogenated alkanes) is 43. The molecule has 6 N–H and O–H groups in total. The van der Waals surface area contributed by atoms with Gasteiger partial charge in [-0.3, -0.25) is 9.59 Å². The highest BCUT2D eigenvalue weighted by Crippen LogP contribution is 2.23. The minimum atomic E-state index is -1.58. The number of hydrogen-bond donors (Lipinski definition) is 6. The Morgan fingerprint density at radius 1 is 0.440 bits per heavy atom. The van der Waals surface area contributed by atoms with Gasteiger partial charge in [0.1, 0.15) is 24.4 Å². The third-order valence-corrected chi connectivity index (χ3v) is 16.9. The van der Waals surface area contributed by atoms with Gasteiger partial charge in [0.15, 0.2) is 6.29 Å². The van der Waals surface area contributed by atoms with Crippen LogP contribution in [0.2, 0.25) is 0 Å². The first-order valence-electron chi connectivity index (χ1n) is 35.9. The fourth-order valence-corrected chi connectivity index (χ4v) is 11.2. The Kier molecular flexibility index (Phi) is 59.0. The number of aliphatic hydroxyl groups excluding tert-OH is 5. The summed E-state index contributed by atoms with van der Waals surface area (Å²) in [5.41, 5.74) is 0. The second-order valence-electron chi connectivity index (χ2n) is 24.9. The quantitative estimate of drug-likeness (QED) is 0.0195. The molecule has 84 heavy (non-hydrogen) atoms. The van der Waals surface area contributed by atoms with Crippen molar-refractivity contribution in [3.63, 3.8) is 0 Å². The first-order valence-corrected chi connectivity index (χ1v) is 35.9. The smallest absolute Gasteiger partial charge is 0.305 e. The van der Waals surface area contributed by atoms with Crippen LogP contribution < -0.4 is 5.32 Å². The zero-order chi connectivity index (χ0) is 60.9. The Labute approximate surface area is 516 Å². The van der Waals surface area contributed by atoms with Gasteiger partial charge in [-0.2, -0.15) is 0 Å². The van der Waals surface area contributed by atoms with Crippen molar-refractivity contribution in [3.05, 3.63) is 48.6 Å². The lowest BCUT2D eigenvalue weighted by atomic mass is 9.99. The van der Waals surface area contributed by atoms with E-state index in [0.717, 1.165) is 57.8 Å². The van der Waals surface area contributed by atoms with Gasteiger partial charge in [0.25, 0.3) is 0 Å². The van der Waals surface area contributed by atoms with Gasteiger partial charge in [0, 0.05) is 12.8 Å². The number of ether oxygens (including phenoxy) is 3. The molecule has 0 aliphatic carbocycles. The fourth-order valence-electron chi connectivity index (χ4n) is 11.2. The number of rotatable bonds is 63. The molecule has 11 heteroatoms. The van der Waals surface area contributed by atoms with Crippen LogP contribution in [0.3, 0.4) is 0 Å². The molecule has 7 unspecified atom stereocenters. The predicted octanol–water partition coefficient (Wildman–Crippen LogP) is 18.4. The molecule has 1 saturated heterocycles. The summed E-state index contributed by atoms with van der Waals surface area (Å²) in [6.45, 7) is 4.32. The third kappa shape index (κ3) is 50.6. The van der Waals surface area contributed by atoms with Crippen molar-refractivity contribution in [2.24, 2.45) is 0 Å². The van der Waals surface area contributed by atoms with Gasteiger partial charge in [0.05, 0.1) is 32.0 Å². The Morgan fingerprint density at radius 3 is 1.26 bits per heavy atom. The van der Waals surface area contributed by atoms with E-state index in [1.807, 2.05) is 6.08 Å². The van der Waals surface area contributed by atoms with E-state index < -0.39 is 49.5 Å². The van der Waals surface area contributed by atoms with Crippen LogP contribution in [0.1, 0.15) is 341 Å². The van der Waals surface area contributed by atoms with Crippen molar-refractivity contribution in [1.29, 1.82) is 0 Å². The van der Waals surface area contributed by atoms with Gasteiger partial charge in [-0.25, -0.2) is 0 Å². The van der Waals surface area contributed by atoms with E-state index in [-0.39, 0.29) is 18.5 Å². The van der Waals surface area contributed by atoms with Crippen LogP contribution in [0.15, 0.2) is 48.6 Å². The Morgan fingerprint density at radius 2 is 0.810 bits per heavy atom. The lowest BCUT2D eigenvalue weighted by molar-refractivity contribution is -0.302. The minimum absolute atomic E-state index is 0.00829. The van der Waals surface area contributed by atoms with E-state index in [0.29, 0.717) is 19.4 Å². The molecule has 1 rings (SSSR count). The van der Waals surface area contributed by atoms with Gasteiger partial charge >= 0.3 is 5.97 Å². The molecular weight excluding hydrogens is 1050 g/mol. The third-order valence-electron chi connectivity index (χ3n) is 16.9. The fraction of sp³-hybridized carbons (Fsp3) is 0.863. The van der Waals surface area contributed by atoms with Crippen LogP contribution in [0.5, 0.6) is 0 Å². The van der Waals surface area contributed by atoms with Gasteiger partial charge in [-0.15, -0.1) is 0 Å². The molecule has 492 valence electrons. The maximum Gasteiger partial charge on any atom is 0.305 e. The molecule has 0 spiro atoms. The molecule has 0 bridgehead atoms. The van der Waals surface area contributed by atoms with Gasteiger partial charge < -0.3 is 45.1 Å². The lowest BCUT2D eigenvalue weighted by Gasteiger charge is -2.40. The highest BCUT2D eigenvalue weighted by molar-refractivity contribution is 5.76. The summed E-state index contributed by atoms with van der Waals surface area (Å²) < 4.78 is 16.7. The summed E-state index contributed by atoms with van der Waals surface area (Å²) in [4.78, 5) is 25.1. The molecule has 1 heterocycles. The molecule has 1 aliphatic heterocycles. The molecule has 1 amide bonds. The first-order chi connectivity index (χ1) is 41.2. The topological polar surface area (TPSA) is 175 Å². The number of hydrogen-bond acceptors (Lipinski definition) is 10. The molecular formula is C73H135NO10. The maximum atomic E-state index is 13.0. The standard InChI is InChI=1S/C73H135NO10/c1-3-5-7-9-11-13-15-37-41-45-49-53-57-61-69(78)82-62-58-54-50-46-42-39-36-34-32-30-28-26-24-22-20-18-16-17-19-21-23-25-27-29-31-33-35-38-40-44-48-52-56-60-68(77)74-65(64-83-73-72(81)71(80)70(79)67(63-75)84-73)66(76)59-55-51-47-43-14-12-10-8-6-4-2/h14,20,22,26,28,43,55,59,65-67,70-73,75-76,79-81H,3-13,15-19,21,23-25,27,29-42,44-54,56-58,60-64H2,1-2H3,(H,74,77)/b22-20-,28-26-,43-14+,59-55+. The second-order valence-corrected chi connectivity index (χ2v) is 24.9. The van der Waals surface area contributed by atoms with Crippen LogP contribution in [0.25, 0.3) is 0 Å². The number of carbonyl (C=O) groups is 2. The molecule has 0 radical (unpaired) electrons. The highest BCUT2D eigenvalue weighted by atomic mass is 16.7. The van der Waals surface area contributed by atoms with Crippen molar-refractivity contribution < 1.29 is 49.3 Å². The van der Waals surface area contributed by atoms with Crippen molar-refractivity contribution in [1.82, 2.24) is 5.32 Å². The summed E-state index contributed by atoms with van der Waals surface area (Å²) in [5.74, 6) is -0.183. The predicted molar refractivity (Wildman–Crippen MR) is 352 cm³/mol. The van der Waals surface area contributed by atoms with Crippen LogP contribution in [0, 0.1) is 0 Å². The summed E-state index contributed by atoms with van der Waals surface area (Å²) >= 11 is 0. The van der Waals surface area contributed by atoms with E-state index >= 15 is 0 Å². The molecule has 7 atom stereocenters. The van der Waals surface area contributed by atoms with E-state index in [9.17, 15) is 35.1 Å². The Balaban J connectivity index is 1.93. The normalized spacial score (nSPS) is 18.3. The van der Waals surface area contributed by atoms with E-state index in [4.69, 9.17) is 14.2 Å². The Hall–Kier alpha value is -2.38. The molecule has 0 saturated carbocycles. The average Bonchev–Trinajstić information content (AvgIpc) is 3.52. The minimum Gasteiger partial charge on any atom is -0.466 e. The van der Waals surface area contributed by atoms with Crippen molar-refractivity contribution in [3.8, 4) is 0 Å². The molecule has 11 nitrogen and oxygen atoms in total. The van der Waals surface area contributed by atoms with E-state index in [1.165, 1.54) is 257 Å². The van der Waals surface area contributed by atoms with Crippen LogP contribution in [0.4, 0.5) is 0 Å². The number of allylic oxidation sites excluding steroid dienone is 7. The summed E-state index contributed by atoms with van der Waals surface area (Å²) in [5, 5.41) is 54.3. The zero-order valence-corrected chi connectivity index (χ0v) is 54.6. The van der Waals surface area contributed by atoms with Gasteiger partial charge in [-0.1, -0.05) is 300 Å². The molecule has 0 aromatic carbocycles. The van der Waals surface area contributed by atoms with E-state index in [1.54, 1.807) is 6.08 Å². The Bertz CT molecular complexity index is 1530. The largest absolute Gasteiger partial charge is 0.466 e. The summed E-state index contributed by atoms with van der Waals surface area (Å²) in [7, 11) is 0. The monoisotopic (exact) mass is 1190 g/mol. The van der Waals surface area contributed by atoms with Gasteiger partial charge in [0.2, 0.25) is 5.91 Å². The van der Waals surface area contributed by atoms with Crippen molar-refractivity contribution >= 4 is 11.9 Å². The maximum absolute atomic E-state index is 13.0. The lowest BCUT2D eigenvalue weighted by Crippen LogP contribution is -2.60. The number of amides is 1. The summed E-state index contributed by atoms with van der Waals surface area (Å²) in [6.07, 6.45) is 71.3. The second kappa shape index (κ2) is 62.2. The molecule has 1 aliphatic rings. The first kappa shape index (κ1) is 79.6. The number of esters is 1. The number of nitrogens with one attached hydrogen (secondary N) is 1. The molecule has 1 fully saturated rings. The SMILES string of the molecule is CCCCCC/C=C/CC/C=C/C(O)C(COC1OC(CO)C(O)C(O)C1O)NC(=O)CCCCCCCCCCCCCCCCCCC/C=C\C/C=C\CCCCCCCCCCCOC(=O)CCCCCCCCCCCCCCC. The number of aliphatic hydroxyl groups is 5. The molecule has 0 aromatic rings. The number of carbonyl (C=O) groups excluding carboxylic acids is 2. The average molecular weight is 1190 g/mol. The highest BCUT2D eigenvalue weighted by Gasteiger charge is 2.44.